The van der Waals surface area contributed by atoms with E-state index in [0.29, 0.717) is 18.5 Å². The molecule has 2 rings (SSSR count). The molecule has 0 saturated carbocycles. The highest BCUT2D eigenvalue weighted by molar-refractivity contribution is 5.94. The van der Waals surface area contributed by atoms with Crippen LogP contribution >= 0.6 is 0 Å². The number of esters is 1. The van der Waals surface area contributed by atoms with Gasteiger partial charge in [-0.1, -0.05) is 45.9 Å². The van der Waals surface area contributed by atoms with Gasteiger partial charge in [0.1, 0.15) is 29.5 Å². The van der Waals surface area contributed by atoms with Gasteiger partial charge in [0.2, 0.25) is 23.6 Å². The average Bonchev–Trinajstić information content (AvgIpc) is 3.42. The highest BCUT2D eigenvalue weighted by Crippen LogP contribution is 2.18. The van der Waals surface area contributed by atoms with Crippen LogP contribution in [-0.2, 0) is 39.9 Å². The van der Waals surface area contributed by atoms with Crippen molar-refractivity contribution in [3.8, 4) is 5.75 Å². The first-order valence-electron chi connectivity index (χ1n) is 17.7. The standard InChI is InChI=1S/C37H57N5O9/c1-9-50-31(44)15-12-26(21-25-16-17-38-32(25)45)39-33(46)30(20-24-10-13-27(43)14-11-24)41-34(47)28(18-22(2)3)40-35(48)29(19-23(4)5)42-36(49)51-37(6,7)8/h10-15,22-23,25-26,28-30,43H,9,16-21H2,1-8H3,(H,38,45)(H,39,46)(H,40,48)(H,41,47)(H,42,49)/b15-12+/t25-,26+,28-,29-,30-/m0/s1. The molecule has 0 unspecified atom stereocenters. The normalized spacial score (nSPS) is 16.9. The molecule has 6 N–H and O–H groups in total. The molecule has 51 heavy (non-hydrogen) atoms. The number of benzene rings is 1. The number of phenolic OH excluding ortho intramolecular Hbond substituents is 1. The van der Waals surface area contributed by atoms with E-state index >= 15 is 0 Å². The molecule has 1 heterocycles. The Hall–Kier alpha value is -4.62. The van der Waals surface area contributed by atoms with Crippen molar-refractivity contribution < 1.29 is 43.3 Å². The SMILES string of the molecule is CCOC(=O)/C=C/[C@H](C[C@@H]1CCNC1=O)NC(=O)[C@H](Cc1ccc(O)cc1)NC(=O)[C@H](CC(C)C)NC(=O)[C@H](CC(C)C)NC(=O)OC(C)(C)C. The molecule has 0 spiro atoms. The summed E-state index contributed by atoms with van der Waals surface area (Å²) in [6, 6.07) is 2.20. The van der Waals surface area contributed by atoms with E-state index in [-0.39, 0.29) is 55.8 Å². The van der Waals surface area contributed by atoms with Crippen molar-refractivity contribution in [2.75, 3.05) is 13.2 Å². The monoisotopic (exact) mass is 715 g/mol. The summed E-state index contributed by atoms with van der Waals surface area (Å²) in [5, 5.41) is 23.7. The largest absolute Gasteiger partial charge is 0.508 e. The molecule has 1 aromatic carbocycles. The Morgan fingerprint density at radius 1 is 0.882 bits per heavy atom. The van der Waals surface area contributed by atoms with E-state index in [1.54, 1.807) is 39.8 Å². The minimum Gasteiger partial charge on any atom is -0.508 e. The van der Waals surface area contributed by atoms with Crippen LogP contribution in [0.4, 0.5) is 4.79 Å². The van der Waals surface area contributed by atoms with Gasteiger partial charge in [0, 0.05) is 31.0 Å². The van der Waals surface area contributed by atoms with Gasteiger partial charge >= 0.3 is 12.1 Å². The Kier molecular flexibility index (Phi) is 16.9. The minimum absolute atomic E-state index is 0.0209. The van der Waals surface area contributed by atoms with Gasteiger partial charge in [0.05, 0.1) is 6.61 Å². The van der Waals surface area contributed by atoms with Crippen molar-refractivity contribution >= 4 is 35.7 Å². The first kappa shape index (κ1) is 42.5. The van der Waals surface area contributed by atoms with Gasteiger partial charge < -0.3 is 41.2 Å². The van der Waals surface area contributed by atoms with Crippen LogP contribution in [0.25, 0.3) is 0 Å². The number of ether oxygens (including phenoxy) is 2. The predicted molar refractivity (Wildman–Crippen MR) is 191 cm³/mol. The lowest BCUT2D eigenvalue weighted by Gasteiger charge is -2.28. The van der Waals surface area contributed by atoms with Crippen LogP contribution in [0.5, 0.6) is 5.75 Å². The third kappa shape index (κ3) is 16.3. The number of amides is 5. The number of rotatable bonds is 18. The Morgan fingerprint density at radius 2 is 1.43 bits per heavy atom. The zero-order valence-corrected chi connectivity index (χ0v) is 31.2. The number of nitrogens with one attached hydrogen (secondary N) is 5. The van der Waals surface area contributed by atoms with E-state index in [9.17, 15) is 33.9 Å². The number of aromatic hydroxyl groups is 1. The Balaban J connectivity index is 2.37. The molecule has 14 heteroatoms. The number of phenols is 1. The lowest BCUT2D eigenvalue weighted by atomic mass is 9.97. The lowest BCUT2D eigenvalue weighted by Crippen LogP contribution is -2.58. The molecule has 0 aromatic heterocycles. The summed E-state index contributed by atoms with van der Waals surface area (Å²) in [5.41, 5.74) is -0.155. The maximum Gasteiger partial charge on any atom is 0.408 e. The van der Waals surface area contributed by atoms with Crippen LogP contribution in [0.2, 0.25) is 0 Å². The number of alkyl carbamates (subject to hydrolysis) is 1. The van der Waals surface area contributed by atoms with Gasteiger partial charge in [-0.2, -0.15) is 0 Å². The quantitative estimate of drug-likeness (QED) is 0.0976. The number of carbonyl (C=O) groups is 6. The second-order valence-corrected chi connectivity index (χ2v) is 14.7. The third-order valence-electron chi connectivity index (χ3n) is 7.84. The van der Waals surface area contributed by atoms with Gasteiger partial charge in [-0.05, 0) is 82.9 Å². The van der Waals surface area contributed by atoms with E-state index < -0.39 is 65.5 Å². The predicted octanol–water partition coefficient (Wildman–Crippen LogP) is 3.02. The van der Waals surface area contributed by atoms with Gasteiger partial charge in [0.15, 0.2) is 0 Å². The molecular formula is C37H57N5O9. The molecule has 1 saturated heterocycles. The molecule has 5 atom stereocenters. The fourth-order valence-corrected chi connectivity index (χ4v) is 5.51. The molecule has 5 amide bonds. The first-order chi connectivity index (χ1) is 23.9. The molecule has 0 aliphatic carbocycles. The Bertz CT molecular complexity index is 1370. The summed E-state index contributed by atoms with van der Waals surface area (Å²) < 4.78 is 10.3. The molecular weight excluding hydrogens is 658 g/mol. The van der Waals surface area contributed by atoms with E-state index in [4.69, 9.17) is 9.47 Å². The summed E-state index contributed by atoms with van der Waals surface area (Å²) in [6.45, 7) is 15.0. The zero-order valence-electron chi connectivity index (χ0n) is 31.2. The van der Waals surface area contributed by atoms with Gasteiger partial charge in [-0.25, -0.2) is 9.59 Å². The Labute approximate surface area is 301 Å². The molecule has 14 nitrogen and oxygen atoms in total. The van der Waals surface area contributed by atoms with Gasteiger partial charge in [0.25, 0.3) is 0 Å². The number of carbonyl (C=O) groups excluding carboxylic acids is 6. The number of hydrogen-bond acceptors (Lipinski definition) is 9. The smallest absolute Gasteiger partial charge is 0.408 e. The molecule has 1 aromatic rings. The fourth-order valence-electron chi connectivity index (χ4n) is 5.51. The van der Waals surface area contributed by atoms with Crippen LogP contribution in [0.15, 0.2) is 36.4 Å². The lowest BCUT2D eigenvalue weighted by molar-refractivity contribution is -0.137. The third-order valence-corrected chi connectivity index (χ3v) is 7.84. The molecule has 0 radical (unpaired) electrons. The summed E-state index contributed by atoms with van der Waals surface area (Å²) in [4.78, 5) is 78.6. The van der Waals surface area contributed by atoms with E-state index in [1.165, 1.54) is 24.3 Å². The van der Waals surface area contributed by atoms with E-state index in [2.05, 4.69) is 26.6 Å². The van der Waals surface area contributed by atoms with Crippen LogP contribution in [0, 0.1) is 17.8 Å². The van der Waals surface area contributed by atoms with Crippen LogP contribution < -0.4 is 26.6 Å². The fraction of sp³-hybridized carbons (Fsp3) is 0.622. The van der Waals surface area contributed by atoms with Crippen molar-refractivity contribution in [1.29, 1.82) is 0 Å². The highest BCUT2D eigenvalue weighted by Gasteiger charge is 2.33. The second kappa shape index (κ2) is 20.3. The van der Waals surface area contributed by atoms with Gasteiger partial charge in [-0.3, -0.25) is 19.2 Å². The maximum absolute atomic E-state index is 13.9. The summed E-state index contributed by atoms with van der Waals surface area (Å²) in [6.07, 6.45) is 3.21. The first-order valence-corrected chi connectivity index (χ1v) is 17.7. The topological polar surface area (TPSA) is 201 Å². The van der Waals surface area contributed by atoms with Crippen molar-refractivity contribution in [1.82, 2.24) is 26.6 Å². The minimum atomic E-state index is -1.16. The van der Waals surface area contributed by atoms with Crippen molar-refractivity contribution in [2.45, 2.75) is 117 Å². The molecule has 284 valence electrons. The summed E-state index contributed by atoms with van der Waals surface area (Å²) in [5.74, 6) is -2.94. The van der Waals surface area contributed by atoms with E-state index in [0.717, 1.165) is 0 Å². The Morgan fingerprint density at radius 3 is 1.94 bits per heavy atom. The van der Waals surface area contributed by atoms with Crippen molar-refractivity contribution in [2.24, 2.45) is 17.8 Å². The molecule has 0 bridgehead atoms. The summed E-state index contributed by atoms with van der Waals surface area (Å²) >= 11 is 0. The van der Waals surface area contributed by atoms with Crippen LogP contribution in [0.1, 0.15) is 86.6 Å². The maximum atomic E-state index is 13.9. The van der Waals surface area contributed by atoms with Crippen molar-refractivity contribution in [3.05, 3.63) is 42.0 Å². The molecule has 1 aliphatic heterocycles. The molecule has 1 aliphatic rings. The van der Waals surface area contributed by atoms with Gasteiger partial charge in [-0.15, -0.1) is 0 Å². The van der Waals surface area contributed by atoms with Crippen LogP contribution in [-0.4, -0.2) is 83.7 Å². The highest BCUT2D eigenvalue weighted by atomic mass is 16.6. The number of hydrogen-bond donors (Lipinski definition) is 6. The zero-order chi connectivity index (χ0) is 38.3. The summed E-state index contributed by atoms with van der Waals surface area (Å²) in [7, 11) is 0. The second-order valence-electron chi connectivity index (χ2n) is 14.7. The average molecular weight is 716 g/mol. The van der Waals surface area contributed by atoms with Crippen molar-refractivity contribution in [3.63, 3.8) is 0 Å². The molecule has 1 fully saturated rings. The van der Waals surface area contributed by atoms with E-state index in [1.807, 2.05) is 27.7 Å². The van der Waals surface area contributed by atoms with Crippen LogP contribution in [0.3, 0.4) is 0 Å².